The molecule has 1 N–H and O–H groups in total. The number of aromatic nitrogens is 2. The number of benzene rings is 1. The van der Waals surface area contributed by atoms with Crippen molar-refractivity contribution in [2.75, 3.05) is 7.05 Å². The van der Waals surface area contributed by atoms with E-state index in [0.717, 1.165) is 17.1 Å². The lowest BCUT2D eigenvalue weighted by Crippen LogP contribution is -2.27. The zero-order valence-corrected chi connectivity index (χ0v) is 14.2. The fourth-order valence-corrected chi connectivity index (χ4v) is 3.27. The number of nitrogens with one attached hydrogen (secondary N) is 1. The van der Waals surface area contributed by atoms with E-state index in [4.69, 9.17) is 4.52 Å². The SMILES string of the molecule is Cc1nc(CN(C)S(=O)(=O)c2ccc(C(=O)NC3CC3)cc2)no1. The molecule has 1 aromatic heterocycles. The third kappa shape index (κ3) is 3.62. The molecule has 0 aliphatic heterocycles. The van der Waals surface area contributed by atoms with Gasteiger partial charge in [0.1, 0.15) is 0 Å². The molecule has 1 aliphatic rings. The molecule has 0 unspecified atom stereocenters. The first kappa shape index (κ1) is 16.6. The van der Waals surface area contributed by atoms with Gasteiger partial charge in [-0.05, 0) is 37.1 Å². The molecule has 9 heteroatoms. The van der Waals surface area contributed by atoms with E-state index in [9.17, 15) is 13.2 Å². The van der Waals surface area contributed by atoms with Crippen LogP contribution in [0.15, 0.2) is 33.7 Å². The standard InChI is InChI=1S/C15H18N4O4S/c1-10-16-14(18-23-10)9-19(2)24(21,22)13-7-3-11(4-8-13)15(20)17-12-5-6-12/h3-4,7-8,12H,5-6,9H2,1-2H3,(H,17,20). The van der Waals surface area contributed by atoms with Crippen LogP contribution in [0.1, 0.15) is 34.9 Å². The second-order valence-corrected chi connectivity index (χ2v) is 7.81. The van der Waals surface area contributed by atoms with Crippen LogP contribution >= 0.6 is 0 Å². The van der Waals surface area contributed by atoms with Gasteiger partial charge < -0.3 is 9.84 Å². The highest BCUT2D eigenvalue weighted by atomic mass is 32.2. The summed E-state index contributed by atoms with van der Waals surface area (Å²) in [6.07, 6.45) is 2.00. The van der Waals surface area contributed by atoms with Gasteiger partial charge in [0.25, 0.3) is 5.91 Å². The third-order valence-electron chi connectivity index (χ3n) is 3.67. The molecule has 1 aliphatic carbocycles. The molecule has 0 radical (unpaired) electrons. The van der Waals surface area contributed by atoms with Crippen molar-refractivity contribution in [2.24, 2.45) is 0 Å². The van der Waals surface area contributed by atoms with Gasteiger partial charge in [0.2, 0.25) is 15.9 Å². The van der Waals surface area contributed by atoms with E-state index in [2.05, 4.69) is 15.5 Å². The number of carbonyl (C=O) groups is 1. The molecule has 0 spiro atoms. The molecule has 1 heterocycles. The van der Waals surface area contributed by atoms with Crippen molar-refractivity contribution >= 4 is 15.9 Å². The Morgan fingerprint density at radius 2 is 2.00 bits per heavy atom. The summed E-state index contributed by atoms with van der Waals surface area (Å²) in [5.74, 6) is 0.484. The van der Waals surface area contributed by atoms with E-state index < -0.39 is 10.0 Å². The Bertz CT molecular complexity index is 841. The van der Waals surface area contributed by atoms with Crippen molar-refractivity contribution in [3.05, 3.63) is 41.5 Å². The van der Waals surface area contributed by atoms with Crippen molar-refractivity contribution < 1.29 is 17.7 Å². The van der Waals surface area contributed by atoms with Crippen LogP contribution < -0.4 is 5.32 Å². The first-order chi connectivity index (χ1) is 11.4. The Morgan fingerprint density at radius 1 is 1.33 bits per heavy atom. The fourth-order valence-electron chi connectivity index (χ4n) is 2.14. The molecule has 24 heavy (non-hydrogen) atoms. The van der Waals surface area contributed by atoms with E-state index in [0.29, 0.717) is 17.3 Å². The topological polar surface area (TPSA) is 105 Å². The van der Waals surface area contributed by atoms with E-state index in [1.807, 2.05) is 0 Å². The molecule has 3 rings (SSSR count). The Morgan fingerprint density at radius 3 is 2.54 bits per heavy atom. The number of amides is 1. The van der Waals surface area contributed by atoms with E-state index in [1.165, 1.54) is 31.3 Å². The Hall–Kier alpha value is -2.26. The van der Waals surface area contributed by atoms with Gasteiger partial charge in [-0.2, -0.15) is 9.29 Å². The average molecular weight is 350 g/mol. The van der Waals surface area contributed by atoms with Gasteiger partial charge in [0, 0.05) is 25.6 Å². The molecular weight excluding hydrogens is 332 g/mol. The summed E-state index contributed by atoms with van der Waals surface area (Å²) < 4.78 is 31.1. The van der Waals surface area contributed by atoms with Crippen molar-refractivity contribution in [3.63, 3.8) is 0 Å². The molecule has 1 saturated carbocycles. The normalized spacial score (nSPS) is 14.8. The number of sulfonamides is 1. The predicted molar refractivity (Wildman–Crippen MR) is 84.6 cm³/mol. The summed E-state index contributed by atoms with van der Waals surface area (Å²) in [6.45, 7) is 1.64. The lowest BCUT2D eigenvalue weighted by atomic mass is 10.2. The molecule has 1 aromatic carbocycles. The summed E-state index contributed by atoms with van der Waals surface area (Å²) in [7, 11) is -2.26. The molecule has 0 atom stereocenters. The van der Waals surface area contributed by atoms with Gasteiger partial charge in [-0.3, -0.25) is 4.79 Å². The van der Waals surface area contributed by atoms with Crippen LogP contribution in [0.3, 0.4) is 0 Å². The minimum Gasteiger partial charge on any atom is -0.349 e. The number of aryl methyl sites for hydroxylation is 1. The van der Waals surface area contributed by atoms with E-state index >= 15 is 0 Å². The minimum absolute atomic E-state index is 0.00356. The molecule has 0 saturated heterocycles. The van der Waals surface area contributed by atoms with Gasteiger partial charge in [0.15, 0.2) is 5.82 Å². The highest BCUT2D eigenvalue weighted by Crippen LogP contribution is 2.20. The fraction of sp³-hybridized carbons (Fsp3) is 0.400. The maximum atomic E-state index is 12.6. The molecular formula is C15H18N4O4S. The zero-order chi connectivity index (χ0) is 17.3. The van der Waals surface area contributed by atoms with Crippen LogP contribution in [0.25, 0.3) is 0 Å². The summed E-state index contributed by atoms with van der Waals surface area (Å²) >= 11 is 0. The number of carbonyl (C=O) groups excluding carboxylic acids is 1. The first-order valence-corrected chi connectivity index (χ1v) is 8.97. The number of hydrogen-bond acceptors (Lipinski definition) is 6. The third-order valence-corrected chi connectivity index (χ3v) is 5.49. The van der Waals surface area contributed by atoms with Crippen LogP contribution in [0, 0.1) is 6.92 Å². The Labute approximate surface area is 139 Å². The summed E-state index contributed by atoms with van der Waals surface area (Å²) in [6, 6.07) is 6.13. The van der Waals surface area contributed by atoms with Gasteiger partial charge in [-0.25, -0.2) is 8.42 Å². The number of nitrogens with zero attached hydrogens (tertiary/aromatic N) is 3. The lowest BCUT2D eigenvalue weighted by Gasteiger charge is -2.15. The molecule has 1 fully saturated rings. The van der Waals surface area contributed by atoms with Gasteiger partial charge in [-0.1, -0.05) is 5.16 Å². The Kier molecular flexibility index (Phi) is 4.37. The first-order valence-electron chi connectivity index (χ1n) is 7.53. The Balaban J connectivity index is 1.72. The monoisotopic (exact) mass is 350 g/mol. The van der Waals surface area contributed by atoms with E-state index in [1.54, 1.807) is 6.92 Å². The lowest BCUT2D eigenvalue weighted by molar-refractivity contribution is 0.0951. The van der Waals surface area contributed by atoms with E-state index in [-0.39, 0.29) is 23.4 Å². The largest absolute Gasteiger partial charge is 0.349 e. The molecule has 128 valence electrons. The minimum atomic E-state index is -3.70. The quantitative estimate of drug-likeness (QED) is 0.836. The van der Waals surface area contributed by atoms with Crippen LogP contribution in [0.4, 0.5) is 0 Å². The van der Waals surface area contributed by atoms with Crippen LogP contribution in [-0.2, 0) is 16.6 Å². The number of hydrogen-bond donors (Lipinski definition) is 1. The predicted octanol–water partition coefficient (Wildman–Crippen LogP) is 1.09. The highest BCUT2D eigenvalue weighted by molar-refractivity contribution is 7.89. The summed E-state index contributed by atoms with van der Waals surface area (Å²) in [5, 5.41) is 6.55. The molecule has 0 bridgehead atoms. The maximum absolute atomic E-state index is 12.6. The van der Waals surface area contributed by atoms with Crippen LogP contribution in [-0.4, -0.2) is 41.9 Å². The van der Waals surface area contributed by atoms with Crippen molar-refractivity contribution in [2.45, 2.75) is 37.2 Å². The molecule has 1 amide bonds. The smallest absolute Gasteiger partial charge is 0.251 e. The molecule has 8 nitrogen and oxygen atoms in total. The summed E-state index contributed by atoms with van der Waals surface area (Å²) in [5.41, 5.74) is 0.442. The van der Waals surface area contributed by atoms with Gasteiger partial charge >= 0.3 is 0 Å². The van der Waals surface area contributed by atoms with Gasteiger partial charge in [0.05, 0.1) is 11.4 Å². The maximum Gasteiger partial charge on any atom is 0.251 e. The second-order valence-electron chi connectivity index (χ2n) is 5.76. The van der Waals surface area contributed by atoms with Gasteiger partial charge in [-0.15, -0.1) is 0 Å². The average Bonchev–Trinajstić information content (AvgIpc) is 3.27. The number of rotatable bonds is 6. The zero-order valence-electron chi connectivity index (χ0n) is 13.4. The highest BCUT2D eigenvalue weighted by Gasteiger charge is 2.25. The van der Waals surface area contributed by atoms with Crippen molar-refractivity contribution in [1.29, 1.82) is 0 Å². The van der Waals surface area contributed by atoms with Crippen LogP contribution in [0.2, 0.25) is 0 Å². The van der Waals surface area contributed by atoms with Crippen LogP contribution in [0.5, 0.6) is 0 Å². The molecule has 2 aromatic rings. The second kappa shape index (κ2) is 6.33. The van der Waals surface area contributed by atoms with Crippen molar-refractivity contribution in [3.8, 4) is 0 Å². The van der Waals surface area contributed by atoms with Crippen molar-refractivity contribution in [1.82, 2.24) is 19.8 Å². The summed E-state index contributed by atoms with van der Waals surface area (Å²) in [4.78, 5) is 16.0.